The second kappa shape index (κ2) is 6.14. The molecule has 2 amide bonds. The average molecular weight is 277 g/mol. The van der Waals surface area contributed by atoms with Gasteiger partial charge < -0.3 is 5.32 Å². The van der Waals surface area contributed by atoms with Crippen molar-refractivity contribution in [2.75, 3.05) is 5.43 Å². The summed E-state index contributed by atoms with van der Waals surface area (Å²) in [5.41, 5.74) is 8.02. The number of benzene rings is 1. The Morgan fingerprint density at radius 3 is 2.58 bits per heavy atom. The predicted molar refractivity (Wildman–Crippen MR) is 75.8 cm³/mol. The van der Waals surface area contributed by atoms with E-state index in [4.69, 9.17) is 0 Å². The SMILES string of the molecule is CC(C)NC(=O)NNc1ccc(-c2csnn2)cc1. The highest BCUT2D eigenvalue weighted by molar-refractivity contribution is 7.03. The second-order valence-corrected chi connectivity index (χ2v) is 4.86. The molecule has 0 saturated carbocycles. The first-order chi connectivity index (χ1) is 9.15. The zero-order chi connectivity index (χ0) is 13.7. The van der Waals surface area contributed by atoms with Gasteiger partial charge in [-0.2, -0.15) is 0 Å². The highest BCUT2D eigenvalue weighted by atomic mass is 32.1. The maximum absolute atomic E-state index is 11.4. The summed E-state index contributed by atoms with van der Waals surface area (Å²) in [5.74, 6) is 0. The Labute approximate surface area is 115 Å². The first-order valence-corrected chi connectivity index (χ1v) is 6.69. The van der Waals surface area contributed by atoms with Gasteiger partial charge in [0.25, 0.3) is 0 Å². The highest BCUT2D eigenvalue weighted by Gasteiger charge is 2.03. The van der Waals surface area contributed by atoms with Gasteiger partial charge in [0, 0.05) is 17.0 Å². The Morgan fingerprint density at radius 2 is 2.00 bits per heavy atom. The van der Waals surface area contributed by atoms with Crippen LogP contribution in [0.25, 0.3) is 11.3 Å². The maximum Gasteiger partial charge on any atom is 0.333 e. The van der Waals surface area contributed by atoms with Crippen LogP contribution < -0.4 is 16.2 Å². The number of hydrogen-bond acceptors (Lipinski definition) is 5. The maximum atomic E-state index is 11.4. The zero-order valence-electron chi connectivity index (χ0n) is 10.7. The van der Waals surface area contributed by atoms with E-state index in [-0.39, 0.29) is 12.1 Å². The van der Waals surface area contributed by atoms with Gasteiger partial charge in [-0.25, -0.2) is 4.79 Å². The third-order valence-corrected chi connectivity index (χ3v) is 2.79. The smallest absolute Gasteiger partial charge is 0.333 e. The molecular formula is C12H15N5OS. The standard InChI is InChI=1S/C12H15N5OS/c1-8(2)13-12(18)16-14-10-5-3-9(4-6-10)11-7-19-17-15-11/h3-8,14H,1-2H3,(H2,13,16,18). The number of anilines is 1. The lowest BCUT2D eigenvalue weighted by Crippen LogP contribution is -2.42. The number of hydrogen-bond donors (Lipinski definition) is 3. The van der Waals surface area contributed by atoms with Crippen LogP contribution in [0.1, 0.15) is 13.8 Å². The molecular weight excluding hydrogens is 262 g/mol. The summed E-state index contributed by atoms with van der Waals surface area (Å²) in [6, 6.07) is 7.40. The highest BCUT2D eigenvalue weighted by Crippen LogP contribution is 2.19. The fourth-order valence-electron chi connectivity index (χ4n) is 1.44. The number of rotatable bonds is 4. The van der Waals surface area contributed by atoms with Crippen molar-refractivity contribution in [3.63, 3.8) is 0 Å². The Bertz CT molecular complexity index is 524. The monoisotopic (exact) mass is 277 g/mol. The minimum Gasteiger partial charge on any atom is -0.335 e. The number of urea groups is 1. The second-order valence-electron chi connectivity index (χ2n) is 4.25. The molecule has 3 N–H and O–H groups in total. The Balaban J connectivity index is 1.91. The van der Waals surface area contributed by atoms with E-state index in [9.17, 15) is 4.79 Å². The van der Waals surface area contributed by atoms with Crippen molar-refractivity contribution >= 4 is 23.3 Å². The Kier molecular flexibility index (Phi) is 4.30. The molecule has 1 aromatic carbocycles. The van der Waals surface area contributed by atoms with Crippen LogP contribution in [0.5, 0.6) is 0 Å². The van der Waals surface area contributed by atoms with Crippen LogP contribution in [-0.2, 0) is 0 Å². The van der Waals surface area contributed by atoms with E-state index in [2.05, 4.69) is 25.8 Å². The number of nitrogens with one attached hydrogen (secondary N) is 3. The quantitative estimate of drug-likeness (QED) is 0.749. The molecule has 2 rings (SSSR count). The van der Waals surface area contributed by atoms with Crippen molar-refractivity contribution in [2.45, 2.75) is 19.9 Å². The van der Waals surface area contributed by atoms with Gasteiger partial charge in [0.1, 0.15) is 5.69 Å². The lowest BCUT2D eigenvalue weighted by atomic mass is 10.1. The Hall–Kier alpha value is -2.15. The molecule has 1 heterocycles. The summed E-state index contributed by atoms with van der Waals surface area (Å²) < 4.78 is 3.82. The molecule has 7 heteroatoms. The van der Waals surface area contributed by atoms with Crippen molar-refractivity contribution in [2.24, 2.45) is 0 Å². The molecule has 0 unspecified atom stereocenters. The fraction of sp³-hybridized carbons (Fsp3) is 0.250. The molecule has 0 radical (unpaired) electrons. The van der Waals surface area contributed by atoms with Crippen LogP contribution in [0, 0.1) is 0 Å². The molecule has 0 atom stereocenters. The number of carbonyl (C=O) groups is 1. The number of amides is 2. The molecule has 2 aromatic rings. The number of nitrogens with zero attached hydrogens (tertiary/aromatic N) is 2. The zero-order valence-corrected chi connectivity index (χ0v) is 11.5. The number of carbonyl (C=O) groups excluding carboxylic acids is 1. The molecule has 100 valence electrons. The normalized spacial score (nSPS) is 10.3. The minimum absolute atomic E-state index is 0.0985. The molecule has 0 aliphatic heterocycles. The minimum atomic E-state index is -0.261. The predicted octanol–water partition coefficient (Wildman–Crippen LogP) is 2.24. The molecule has 0 fully saturated rings. The van der Waals surface area contributed by atoms with Gasteiger partial charge in [0.05, 0.1) is 5.69 Å². The van der Waals surface area contributed by atoms with Gasteiger partial charge in [-0.1, -0.05) is 16.6 Å². The van der Waals surface area contributed by atoms with Crippen molar-refractivity contribution in [1.29, 1.82) is 0 Å². The molecule has 0 saturated heterocycles. The van der Waals surface area contributed by atoms with E-state index in [0.717, 1.165) is 16.9 Å². The summed E-state index contributed by atoms with van der Waals surface area (Å²) in [5, 5.41) is 8.59. The third-order valence-electron chi connectivity index (χ3n) is 2.28. The molecule has 0 aliphatic carbocycles. The summed E-state index contributed by atoms with van der Waals surface area (Å²) in [6.45, 7) is 3.80. The van der Waals surface area contributed by atoms with E-state index in [1.165, 1.54) is 11.5 Å². The molecule has 6 nitrogen and oxygen atoms in total. The molecule has 1 aromatic heterocycles. The molecule has 19 heavy (non-hydrogen) atoms. The topological polar surface area (TPSA) is 78.9 Å². The molecule has 0 bridgehead atoms. The van der Waals surface area contributed by atoms with Gasteiger partial charge in [0.2, 0.25) is 0 Å². The van der Waals surface area contributed by atoms with E-state index in [1.54, 1.807) is 0 Å². The van der Waals surface area contributed by atoms with Crippen molar-refractivity contribution < 1.29 is 4.79 Å². The Morgan fingerprint density at radius 1 is 1.26 bits per heavy atom. The van der Waals surface area contributed by atoms with Crippen molar-refractivity contribution in [3.8, 4) is 11.3 Å². The number of aromatic nitrogens is 2. The first kappa shape index (κ1) is 13.3. The number of hydrazine groups is 1. The van der Waals surface area contributed by atoms with Gasteiger partial charge in [-0.05, 0) is 37.5 Å². The van der Waals surface area contributed by atoms with E-state index >= 15 is 0 Å². The van der Waals surface area contributed by atoms with Crippen LogP contribution >= 0.6 is 11.5 Å². The largest absolute Gasteiger partial charge is 0.335 e. The van der Waals surface area contributed by atoms with Gasteiger partial charge in [-0.3, -0.25) is 10.9 Å². The van der Waals surface area contributed by atoms with Gasteiger partial charge in [-0.15, -0.1) is 5.10 Å². The molecule has 0 spiro atoms. The lowest BCUT2D eigenvalue weighted by molar-refractivity contribution is 0.240. The van der Waals surface area contributed by atoms with E-state index < -0.39 is 0 Å². The molecule has 0 aliphatic rings. The van der Waals surface area contributed by atoms with Crippen LogP contribution in [0.15, 0.2) is 29.6 Å². The van der Waals surface area contributed by atoms with Crippen LogP contribution in [0.4, 0.5) is 10.5 Å². The first-order valence-electron chi connectivity index (χ1n) is 5.85. The lowest BCUT2D eigenvalue weighted by Gasteiger charge is -2.12. The van der Waals surface area contributed by atoms with Crippen LogP contribution in [0.2, 0.25) is 0 Å². The summed E-state index contributed by atoms with van der Waals surface area (Å²) >= 11 is 1.32. The third kappa shape index (κ3) is 3.92. The summed E-state index contributed by atoms with van der Waals surface area (Å²) in [6.07, 6.45) is 0. The van der Waals surface area contributed by atoms with Crippen molar-refractivity contribution in [3.05, 3.63) is 29.6 Å². The van der Waals surface area contributed by atoms with Crippen LogP contribution in [-0.4, -0.2) is 21.7 Å². The van der Waals surface area contributed by atoms with Gasteiger partial charge in [0.15, 0.2) is 0 Å². The summed E-state index contributed by atoms with van der Waals surface area (Å²) in [7, 11) is 0. The average Bonchev–Trinajstić information content (AvgIpc) is 2.90. The van der Waals surface area contributed by atoms with Crippen molar-refractivity contribution in [1.82, 2.24) is 20.3 Å². The van der Waals surface area contributed by atoms with E-state index in [0.29, 0.717) is 0 Å². The summed E-state index contributed by atoms with van der Waals surface area (Å²) in [4.78, 5) is 11.4. The van der Waals surface area contributed by atoms with Crippen LogP contribution in [0.3, 0.4) is 0 Å². The van der Waals surface area contributed by atoms with E-state index in [1.807, 2.05) is 43.5 Å². The van der Waals surface area contributed by atoms with Gasteiger partial charge >= 0.3 is 6.03 Å². The fourth-order valence-corrected chi connectivity index (χ4v) is 1.91.